The molecule has 2 N–H and O–H groups in total. The van der Waals surface area contributed by atoms with Crippen molar-refractivity contribution in [1.29, 1.82) is 0 Å². The molecule has 0 aliphatic heterocycles. The minimum absolute atomic E-state index is 0.555. The molecule has 0 radical (unpaired) electrons. The molecule has 1 aromatic carbocycles. The predicted molar refractivity (Wildman–Crippen MR) is 49.5 cm³/mol. The Morgan fingerprint density at radius 2 is 2.31 bits per heavy atom. The zero-order valence-electron chi connectivity index (χ0n) is 7.19. The number of amides is 1. The molecule has 2 aromatic rings. The van der Waals surface area contributed by atoms with E-state index in [1.807, 2.05) is 25.1 Å². The van der Waals surface area contributed by atoms with Crippen molar-refractivity contribution in [2.75, 3.05) is 0 Å². The Morgan fingerprint density at radius 1 is 1.54 bits per heavy atom. The highest BCUT2D eigenvalue weighted by Crippen LogP contribution is 2.16. The van der Waals surface area contributed by atoms with Crippen LogP contribution in [0.2, 0.25) is 0 Å². The van der Waals surface area contributed by atoms with E-state index in [2.05, 4.69) is 5.10 Å². The van der Waals surface area contributed by atoms with Crippen molar-refractivity contribution < 1.29 is 4.79 Å². The topological polar surface area (TPSA) is 60.9 Å². The lowest BCUT2D eigenvalue weighted by Crippen LogP contribution is -2.20. The fourth-order valence-corrected chi connectivity index (χ4v) is 1.37. The van der Waals surface area contributed by atoms with Crippen LogP contribution < -0.4 is 5.73 Å². The number of carbonyl (C=O) groups excluding carboxylic acids is 1. The van der Waals surface area contributed by atoms with Crippen molar-refractivity contribution in [2.45, 2.75) is 6.92 Å². The molecule has 0 aliphatic rings. The molecular weight excluding hydrogens is 166 g/mol. The standard InChI is InChI=1S/C9H9N3O/c1-6-3-2-4-8-7(6)5-11-12(8)9(10)13/h2-5H,1H3,(H2,10,13). The predicted octanol–water partition coefficient (Wildman–Crippen LogP) is 1.27. The van der Waals surface area contributed by atoms with E-state index in [0.717, 1.165) is 16.5 Å². The van der Waals surface area contributed by atoms with Gasteiger partial charge in [-0.25, -0.2) is 4.79 Å². The molecule has 4 nitrogen and oxygen atoms in total. The van der Waals surface area contributed by atoms with Crippen LogP contribution in [0.15, 0.2) is 24.4 Å². The molecule has 0 aliphatic carbocycles. The fraction of sp³-hybridized carbons (Fsp3) is 0.111. The Morgan fingerprint density at radius 3 is 3.00 bits per heavy atom. The fourth-order valence-electron chi connectivity index (χ4n) is 1.37. The first kappa shape index (κ1) is 7.79. The van der Waals surface area contributed by atoms with Crippen LogP contribution in [0.4, 0.5) is 4.79 Å². The second-order valence-electron chi connectivity index (χ2n) is 2.90. The third-order valence-electron chi connectivity index (χ3n) is 2.04. The van der Waals surface area contributed by atoms with E-state index >= 15 is 0 Å². The van der Waals surface area contributed by atoms with E-state index in [-0.39, 0.29) is 0 Å². The van der Waals surface area contributed by atoms with Crippen LogP contribution in [0.25, 0.3) is 10.9 Å². The zero-order valence-corrected chi connectivity index (χ0v) is 7.19. The van der Waals surface area contributed by atoms with Crippen LogP contribution in [0.3, 0.4) is 0 Å². The van der Waals surface area contributed by atoms with Crippen molar-refractivity contribution in [2.24, 2.45) is 5.73 Å². The van der Waals surface area contributed by atoms with E-state index < -0.39 is 6.03 Å². The third-order valence-corrected chi connectivity index (χ3v) is 2.04. The largest absolute Gasteiger partial charge is 0.350 e. The summed E-state index contributed by atoms with van der Waals surface area (Å²) in [6.45, 7) is 1.97. The second-order valence-corrected chi connectivity index (χ2v) is 2.90. The maximum atomic E-state index is 10.9. The van der Waals surface area contributed by atoms with Crippen molar-refractivity contribution in [3.8, 4) is 0 Å². The van der Waals surface area contributed by atoms with Gasteiger partial charge in [-0.3, -0.25) is 0 Å². The van der Waals surface area contributed by atoms with Gasteiger partial charge in [-0.15, -0.1) is 0 Å². The molecule has 1 amide bonds. The van der Waals surface area contributed by atoms with Crippen molar-refractivity contribution in [3.05, 3.63) is 30.0 Å². The summed E-state index contributed by atoms with van der Waals surface area (Å²) in [5.41, 5.74) is 6.98. The van der Waals surface area contributed by atoms with E-state index in [4.69, 9.17) is 5.73 Å². The maximum Gasteiger partial charge on any atom is 0.340 e. The molecule has 2 rings (SSSR count). The summed E-state index contributed by atoms with van der Waals surface area (Å²) in [6.07, 6.45) is 1.65. The Bertz CT molecular complexity index is 473. The molecule has 1 heterocycles. The molecule has 0 unspecified atom stereocenters. The normalized spacial score (nSPS) is 10.5. The van der Waals surface area contributed by atoms with Gasteiger partial charge in [-0.2, -0.15) is 9.78 Å². The first-order valence-electron chi connectivity index (χ1n) is 3.93. The van der Waals surface area contributed by atoms with Gasteiger partial charge in [0.1, 0.15) is 0 Å². The number of primary amides is 1. The number of hydrogen-bond donors (Lipinski definition) is 1. The third kappa shape index (κ3) is 1.07. The van der Waals surface area contributed by atoms with E-state index in [0.29, 0.717) is 0 Å². The smallest absolute Gasteiger partial charge is 0.340 e. The van der Waals surface area contributed by atoms with Gasteiger partial charge in [-0.1, -0.05) is 12.1 Å². The van der Waals surface area contributed by atoms with Crippen LogP contribution in [0.1, 0.15) is 5.56 Å². The van der Waals surface area contributed by atoms with Gasteiger partial charge in [0.2, 0.25) is 0 Å². The summed E-state index contributed by atoms with van der Waals surface area (Å²) < 4.78 is 1.20. The van der Waals surface area contributed by atoms with E-state index in [9.17, 15) is 4.79 Å². The summed E-state index contributed by atoms with van der Waals surface area (Å²) >= 11 is 0. The maximum absolute atomic E-state index is 10.9. The zero-order chi connectivity index (χ0) is 9.42. The monoisotopic (exact) mass is 175 g/mol. The van der Waals surface area contributed by atoms with Gasteiger partial charge in [-0.05, 0) is 18.6 Å². The van der Waals surface area contributed by atoms with Crippen LogP contribution in [0.5, 0.6) is 0 Å². The molecule has 66 valence electrons. The quantitative estimate of drug-likeness (QED) is 0.655. The van der Waals surface area contributed by atoms with E-state index in [1.165, 1.54) is 4.68 Å². The minimum Gasteiger partial charge on any atom is -0.350 e. The summed E-state index contributed by atoms with van der Waals surface area (Å²) in [6, 6.07) is 5.11. The summed E-state index contributed by atoms with van der Waals surface area (Å²) in [4.78, 5) is 10.9. The average Bonchev–Trinajstić information content (AvgIpc) is 2.48. The van der Waals surface area contributed by atoms with Gasteiger partial charge in [0.05, 0.1) is 11.7 Å². The molecule has 4 heteroatoms. The number of fused-ring (bicyclic) bond motifs is 1. The second kappa shape index (κ2) is 2.58. The lowest BCUT2D eigenvalue weighted by Gasteiger charge is -1.97. The molecule has 0 atom stereocenters. The lowest BCUT2D eigenvalue weighted by molar-refractivity contribution is 0.248. The Kier molecular flexibility index (Phi) is 1.55. The van der Waals surface area contributed by atoms with Gasteiger partial charge in [0.15, 0.2) is 0 Å². The molecule has 0 saturated carbocycles. The van der Waals surface area contributed by atoms with Crippen LogP contribution >= 0.6 is 0 Å². The minimum atomic E-state index is -0.555. The molecule has 13 heavy (non-hydrogen) atoms. The number of rotatable bonds is 0. The van der Waals surface area contributed by atoms with Gasteiger partial charge < -0.3 is 5.73 Å². The highest BCUT2D eigenvalue weighted by atomic mass is 16.2. The van der Waals surface area contributed by atoms with Crippen molar-refractivity contribution >= 4 is 16.9 Å². The number of nitrogens with two attached hydrogens (primary N) is 1. The van der Waals surface area contributed by atoms with Crippen LogP contribution in [-0.4, -0.2) is 15.8 Å². The number of nitrogens with zero attached hydrogens (tertiary/aromatic N) is 2. The highest BCUT2D eigenvalue weighted by molar-refractivity contribution is 5.90. The number of carbonyl (C=O) groups is 1. The number of benzene rings is 1. The van der Waals surface area contributed by atoms with Crippen molar-refractivity contribution in [3.63, 3.8) is 0 Å². The number of aryl methyl sites for hydroxylation is 1. The lowest BCUT2D eigenvalue weighted by atomic mass is 10.1. The molecule has 0 bridgehead atoms. The summed E-state index contributed by atoms with van der Waals surface area (Å²) in [5.74, 6) is 0. The van der Waals surface area contributed by atoms with E-state index in [1.54, 1.807) is 6.20 Å². The Balaban J connectivity index is 2.83. The SMILES string of the molecule is Cc1cccc2c1cnn2C(N)=O. The summed E-state index contributed by atoms with van der Waals surface area (Å²) in [7, 11) is 0. The summed E-state index contributed by atoms with van der Waals surface area (Å²) in [5, 5.41) is 4.86. The molecule has 0 spiro atoms. The first-order chi connectivity index (χ1) is 6.20. The highest BCUT2D eigenvalue weighted by Gasteiger charge is 2.06. The molecule has 1 aromatic heterocycles. The van der Waals surface area contributed by atoms with Crippen molar-refractivity contribution in [1.82, 2.24) is 9.78 Å². The number of hydrogen-bond acceptors (Lipinski definition) is 2. The average molecular weight is 175 g/mol. The number of aromatic nitrogens is 2. The molecular formula is C9H9N3O. The first-order valence-corrected chi connectivity index (χ1v) is 3.93. The van der Waals surface area contributed by atoms with Crippen LogP contribution in [0, 0.1) is 6.92 Å². The van der Waals surface area contributed by atoms with Gasteiger partial charge in [0.25, 0.3) is 0 Å². The molecule has 0 saturated heterocycles. The Hall–Kier alpha value is -1.84. The molecule has 0 fully saturated rings. The van der Waals surface area contributed by atoms with Gasteiger partial charge >= 0.3 is 6.03 Å². The Labute approximate surface area is 75.0 Å². The van der Waals surface area contributed by atoms with Crippen LogP contribution in [-0.2, 0) is 0 Å². The van der Waals surface area contributed by atoms with Gasteiger partial charge in [0, 0.05) is 5.39 Å².